The van der Waals surface area contributed by atoms with E-state index in [2.05, 4.69) is 4.74 Å². The van der Waals surface area contributed by atoms with Crippen LogP contribution in [-0.4, -0.2) is 42.9 Å². The maximum atomic E-state index is 13.2. The van der Waals surface area contributed by atoms with Crippen molar-refractivity contribution in [3.63, 3.8) is 0 Å². The molecule has 0 amide bonds. The van der Waals surface area contributed by atoms with Crippen LogP contribution in [-0.2, 0) is 14.3 Å². The first-order chi connectivity index (χ1) is 7.85. The maximum Gasteiger partial charge on any atom is 0.314 e. The lowest BCUT2D eigenvalue weighted by Crippen LogP contribution is -2.66. The predicted octanol–water partition coefficient (Wildman–Crippen LogP) is 1.12. The summed E-state index contributed by atoms with van der Waals surface area (Å²) in [5.41, 5.74) is -2.59. The highest BCUT2D eigenvalue weighted by Gasteiger charge is 2.63. The van der Waals surface area contributed by atoms with Crippen molar-refractivity contribution in [1.82, 2.24) is 0 Å². The zero-order valence-electron chi connectivity index (χ0n) is 9.67. The Balaban J connectivity index is 2.24. The lowest BCUT2D eigenvalue weighted by molar-refractivity contribution is -0.260. The average molecular weight is 250 g/mol. The fraction of sp³-hybridized carbons (Fsp3) is 0.909. The lowest BCUT2D eigenvalue weighted by Gasteiger charge is -2.52. The van der Waals surface area contributed by atoms with Gasteiger partial charge in [-0.15, -0.1) is 0 Å². The molecule has 6 heteroatoms. The van der Waals surface area contributed by atoms with Crippen LogP contribution < -0.4 is 0 Å². The Kier molecular flexibility index (Phi) is 2.90. The van der Waals surface area contributed by atoms with E-state index in [1.165, 1.54) is 7.11 Å². The van der Waals surface area contributed by atoms with E-state index >= 15 is 0 Å². The molecule has 98 valence electrons. The van der Waals surface area contributed by atoms with Gasteiger partial charge in [-0.25, -0.2) is 8.78 Å². The van der Waals surface area contributed by atoms with E-state index in [1.807, 2.05) is 0 Å². The molecule has 0 aromatic carbocycles. The Hall–Kier alpha value is -0.750. The molecule has 1 N–H and O–H groups in total. The highest BCUT2D eigenvalue weighted by atomic mass is 19.3. The van der Waals surface area contributed by atoms with Crippen LogP contribution in [0.25, 0.3) is 0 Å². The zero-order chi connectivity index (χ0) is 12.7. The van der Waals surface area contributed by atoms with Gasteiger partial charge in [0.1, 0.15) is 11.0 Å². The van der Waals surface area contributed by atoms with E-state index in [0.29, 0.717) is 0 Å². The number of ether oxygens (including phenoxy) is 2. The summed E-state index contributed by atoms with van der Waals surface area (Å²) in [6.07, 6.45) is -0.923. The molecule has 0 atom stereocenters. The lowest BCUT2D eigenvalue weighted by atomic mass is 9.61. The molecular weight excluding hydrogens is 234 g/mol. The quantitative estimate of drug-likeness (QED) is 0.746. The summed E-state index contributed by atoms with van der Waals surface area (Å²) in [6, 6.07) is 0. The molecular formula is C11H16F2O4. The first-order valence-corrected chi connectivity index (χ1v) is 5.62. The van der Waals surface area contributed by atoms with Gasteiger partial charge in [0.05, 0.1) is 20.3 Å². The van der Waals surface area contributed by atoms with Crippen molar-refractivity contribution in [2.24, 2.45) is 5.41 Å². The Morgan fingerprint density at radius 3 is 2.12 bits per heavy atom. The predicted molar refractivity (Wildman–Crippen MR) is 53.6 cm³/mol. The first-order valence-electron chi connectivity index (χ1n) is 5.62. The third-order valence-electron chi connectivity index (χ3n) is 3.98. The van der Waals surface area contributed by atoms with Gasteiger partial charge in [-0.2, -0.15) is 0 Å². The number of aliphatic hydroxyl groups is 1. The van der Waals surface area contributed by atoms with Gasteiger partial charge in [0.2, 0.25) is 5.92 Å². The van der Waals surface area contributed by atoms with Gasteiger partial charge >= 0.3 is 5.97 Å². The largest absolute Gasteiger partial charge is 0.469 e. The zero-order valence-corrected chi connectivity index (χ0v) is 9.67. The number of rotatable bonds is 2. The number of esters is 1. The molecule has 1 aliphatic heterocycles. The van der Waals surface area contributed by atoms with Gasteiger partial charge < -0.3 is 14.6 Å². The fourth-order valence-electron chi connectivity index (χ4n) is 2.67. The van der Waals surface area contributed by atoms with E-state index in [9.17, 15) is 18.7 Å². The molecule has 0 aromatic rings. The fourth-order valence-corrected chi connectivity index (χ4v) is 2.67. The molecule has 0 radical (unpaired) electrons. The maximum absolute atomic E-state index is 13.2. The second-order valence-corrected chi connectivity index (χ2v) is 4.95. The summed E-state index contributed by atoms with van der Waals surface area (Å²) in [7, 11) is 1.21. The normalized spacial score (nSPS) is 29.2. The van der Waals surface area contributed by atoms with Crippen LogP contribution in [0.1, 0.15) is 25.7 Å². The Morgan fingerprint density at radius 2 is 1.76 bits per heavy atom. The Morgan fingerprint density at radius 1 is 1.24 bits per heavy atom. The Labute approximate surface area is 97.9 Å². The molecule has 0 aromatic heterocycles. The van der Waals surface area contributed by atoms with Crippen LogP contribution in [0.3, 0.4) is 0 Å². The Bertz CT molecular complexity index is 315. The molecule has 1 heterocycles. The van der Waals surface area contributed by atoms with E-state index in [4.69, 9.17) is 4.74 Å². The molecule has 2 aliphatic rings. The number of carbonyl (C=O) groups is 1. The number of alkyl halides is 2. The second-order valence-electron chi connectivity index (χ2n) is 4.95. The molecule has 1 saturated heterocycles. The van der Waals surface area contributed by atoms with Gasteiger partial charge in [-0.1, -0.05) is 0 Å². The van der Waals surface area contributed by atoms with Crippen molar-refractivity contribution in [3.8, 4) is 0 Å². The highest BCUT2D eigenvalue weighted by Crippen LogP contribution is 2.52. The summed E-state index contributed by atoms with van der Waals surface area (Å²) in [4.78, 5) is 11.9. The average Bonchev–Trinajstić information content (AvgIpc) is 2.25. The minimum Gasteiger partial charge on any atom is -0.469 e. The van der Waals surface area contributed by atoms with E-state index in [-0.39, 0.29) is 26.1 Å². The van der Waals surface area contributed by atoms with Crippen LogP contribution in [0.5, 0.6) is 0 Å². The highest BCUT2D eigenvalue weighted by molar-refractivity contribution is 5.79. The summed E-state index contributed by atoms with van der Waals surface area (Å²) >= 11 is 0. The molecule has 4 nitrogen and oxygen atoms in total. The van der Waals surface area contributed by atoms with Crippen molar-refractivity contribution in [1.29, 1.82) is 0 Å². The molecule has 2 fully saturated rings. The van der Waals surface area contributed by atoms with Crippen LogP contribution in [0.4, 0.5) is 8.78 Å². The SMILES string of the molecule is COC(=O)C1(C2(O)COC2)CCC(F)(F)CC1. The number of carbonyl (C=O) groups excluding carboxylic acids is 1. The summed E-state index contributed by atoms with van der Waals surface area (Å²) in [5.74, 6) is -3.36. The number of halogens is 2. The molecule has 1 aliphatic carbocycles. The molecule has 0 spiro atoms. The van der Waals surface area contributed by atoms with E-state index < -0.39 is 35.7 Å². The molecule has 0 unspecified atom stereocenters. The number of methoxy groups -OCH3 is 1. The monoisotopic (exact) mass is 250 g/mol. The molecule has 2 rings (SSSR count). The topological polar surface area (TPSA) is 55.8 Å². The van der Waals surface area contributed by atoms with E-state index in [0.717, 1.165) is 0 Å². The molecule has 1 saturated carbocycles. The third kappa shape index (κ3) is 1.83. The number of hydrogen-bond donors (Lipinski definition) is 1. The van der Waals surface area contributed by atoms with Crippen LogP contribution >= 0.6 is 0 Å². The minimum absolute atomic E-state index is 0.00761. The summed E-state index contributed by atoms with van der Waals surface area (Å²) in [6.45, 7) is 0.0152. The van der Waals surface area contributed by atoms with Gasteiger partial charge in [0.25, 0.3) is 0 Å². The third-order valence-corrected chi connectivity index (χ3v) is 3.98. The van der Waals surface area contributed by atoms with Gasteiger partial charge in [-0.3, -0.25) is 4.79 Å². The summed E-state index contributed by atoms with van der Waals surface area (Å²) < 4.78 is 35.9. The van der Waals surface area contributed by atoms with Crippen LogP contribution in [0.15, 0.2) is 0 Å². The van der Waals surface area contributed by atoms with E-state index in [1.54, 1.807) is 0 Å². The molecule has 17 heavy (non-hydrogen) atoms. The first kappa shape index (κ1) is 12.7. The van der Waals surface area contributed by atoms with Crippen molar-refractivity contribution in [3.05, 3.63) is 0 Å². The smallest absolute Gasteiger partial charge is 0.314 e. The van der Waals surface area contributed by atoms with Crippen LogP contribution in [0.2, 0.25) is 0 Å². The van der Waals surface area contributed by atoms with Crippen molar-refractivity contribution in [2.75, 3.05) is 20.3 Å². The molecule has 0 bridgehead atoms. The van der Waals surface area contributed by atoms with Crippen molar-refractivity contribution in [2.45, 2.75) is 37.2 Å². The summed E-state index contributed by atoms with van der Waals surface area (Å²) in [5, 5.41) is 10.3. The van der Waals surface area contributed by atoms with Crippen LogP contribution in [0, 0.1) is 5.41 Å². The van der Waals surface area contributed by atoms with Gasteiger partial charge in [0.15, 0.2) is 0 Å². The van der Waals surface area contributed by atoms with Crippen molar-refractivity contribution < 1.29 is 28.2 Å². The van der Waals surface area contributed by atoms with Gasteiger partial charge in [0, 0.05) is 12.8 Å². The van der Waals surface area contributed by atoms with Gasteiger partial charge in [-0.05, 0) is 12.8 Å². The number of hydrogen-bond acceptors (Lipinski definition) is 4. The second kappa shape index (κ2) is 3.88. The standard InChI is InChI=1S/C11H16F2O4/c1-16-8(14)9(10(15)6-17-7-10)2-4-11(12,13)5-3-9/h15H,2-7H2,1H3. The van der Waals surface area contributed by atoms with Crippen molar-refractivity contribution >= 4 is 5.97 Å². The minimum atomic E-state index is -2.75.